The van der Waals surface area contributed by atoms with Crippen LogP contribution in [0.4, 0.5) is 0 Å². The van der Waals surface area contributed by atoms with Gasteiger partial charge in [-0.2, -0.15) is 0 Å². The summed E-state index contributed by atoms with van der Waals surface area (Å²) in [6.07, 6.45) is 6.44. The zero-order chi connectivity index (χ0) is 19.8. The van der Waals surface area contributed by atoms with Gasteiger partial charge in [-0.3, -0.25) is 19.7 Å². The first-order chi connectivity index (χ1) is 13.7. The number of H-pyrrole nitrogens is 1. The van der Waals surface area contributed by atoms with Crippen molar-refractivity contribution in [3.05, 3.63) is 36.0 Å². The molecule has 3 N–H and O–H groups in total. The molecule has 0 bridgehead atoms. The molecule has 3 rings (SSSR count). The van der Waals surface area contributed by atoms with Gasteiger partial charge in [0.1, 0.15) is 0 Å². The Balaban J connectivity index is 1.33. The van der Waals surface area contributed by atoms with Crippen LogP contribution in [-0.4, -0.2) is 58.0 Å². The summed E-state index contributed by atoms with van der Waals surface area (Å²) in [4.78, 5) is 31.0. The average molecular weight is 386 g/mol. The molecule has 7 heteroatoms. The number of unbranched alkanes of at least 4 members (excludes halogenated alkanes) is 3. The molecule has 0 spiro atoms. The lowest BCUT2D eigenvalue weighted by atomic mass is 10.1. The summed E-state index contributed by atoms with van der Waals surface area (Å²) in [6.45, 7) is 4.30. The van der Waals surface area contributed by atoms with Crippen LogP contribution in [0.1, 0.15) is 44.1 Å². The van der Waals surface area contributed by atoms with Crippen LogP contribution in [0.5, 0.6) is 0 Å². The fraction of sp³-hybridized carbons (Fsp3) is 0.524. The molecule has 0 aliphatic carbocycles. The minimum Gasteiger partial charge on any atom is -0.361 e. The van der Waals surface area contributed by atoms with Crippen LogP contribution in [0.3, 0.4) is 0 Å². The summed E-state index contributed by atoms with van der Waals surface area (Å²) >= 11 is 0. The second-order valence-corrected chi connectivity index (χ2v) is 7.47. The predicted octanol–water partition coefficient (Wildman–Crippen LogP) is 2.66. The lowest BCUT2D eigenvalue weighted by Gasteiger charge is -2.34. The Hall–Kier alpha value is -2.38. The van der Waals surface area contributed by atoms with E-state index in [-0.39, 0.29) is 11.8 Å². The molecule has 28 heavy (non-hydrogen) atoms. The molecule has 7 nitrogen and oxygen atoms in total. The van der Waals surface area contributed by atoms with Gasteiger partial charge in [-0.1, -0.05) is 31.0 Å². The summed E-state index contributed by atoms with van der Waals surface area (Å²) in [5.74, 6) is -0.110. The van der Waals surface area contributed by atoms with Gasteiger partial charge in [-0.25, -0.2) is 5.48 Å². The van der Waals surface area contributed by atoms with E-state index in [0.717, 1.165) is 58.4 Å². The number of carbonyl (C=O) groups is 2. The number of hydrogen-bond acceptors (Lipinski definition) is 4. The van der Waals surface area contributed by atoms with Crippen LogP contribution in [0.15, 0.2) is 30.5 Å². The first kappa shape index (κ1) is 20.4. The molecule has 0 atom stereocenters. The normalized spacial score (nSPS) is 15.1. The van der Waals surface area contributed by atoms with E-state index in [1.165, 1.54) is 16.5 Å². The molecular weight excluding hydrogens is 356 g/mol. The highest BCUT2D eigenvalue weighted by Gasteiger charge is 2.21. The first-order valence-corrected chi connectivity index (χ1v) is 10.2. The predicted molar refractivity (Wildman–Crippen MR) is 108 cm³/mol. The molecule has 0 unspecified atom stereocenters. The number of aromatic amines is 1. The van der Waals surface area contributed by atoms with Crippen molar-refractivity contribution < 1.29 is 14.8 Å². The van der Waals surface area contributed by atoms with Crippen molar-refractivity contribution in [2.45, 2.75) is 45.1 Å². The molecule has 2 amide bonds. The molecule has 1 aliphatic rings. The van der Waals surface area contributed by atoms with Crippen molar-refractivity contribution in [3.8, 4) is 0 Å². The van der Waals surface area contributed by atoms with Crippen molar-refractivity contribution in [1.82, 2.24) is 20.3 Å². The van der Waals surface area contributed by atoms with Crippen molar-refractivity contribution >= 4 is 22.7 Å². The van der Waals surface area contributed by atoms with E-state index in [4.69, 9.17) is 5.21 Å². The van der Waals surface area contributed by atoms with Gasteiger partial charge in [0, 0.05) is 62.7 Å². The Morgan fingerprint density at radius 1 is 1.00 bits per heavy atom. The summed E-state index contributed by atoms with van der Waals surface area (Å²) in [7, 11) is 0. The maximum atomic E-state index is 12.4. The van der Waals surface area contributed by atoms with Gasteiger partial charge in [0.25, 0.3) is 0 Å². The van der Waals surface area contributed by atoms with Crippen LogP contribution in [0.25, 0.3) is 10.9 Å². The number of fused-ring (bicyclic) bond motifs is 1. The second-order valence-electron chi connectivity index (χ2n) is 7.47. The lowest BCUT2D eigenvalue weighted by molar-refractivity contribution is -0.133. The number of hydrogen-bond donors (Lipinski definition) is 3. The summed E-state index contributed by atoms with van der Waals surface area (Å²) in [5.41, 5.74) is 4.12. The number of aromatic nitrogens is 1. The van der Waals surface area contributed by atoms with Crippen molar-refractivity contribution in [2.75, 3.05) is 26.2 Å². The standard InChI is InChI=1S/C21H30N4O3/c26-20(23-28)9-3-1-2-4-10-21(27)25-13-11-24(12-14-25)16-17-15-22-19-8-6-5-7-18(17)19/h5-8,15,22,28H,1-4,9-14,16H2,(H,23,26). The zero-order valence-corrected chi connectivity index (χ0v) is 16.3. The fourth-order valence-electron chi connectivity index (χ4n) is 3.79. The molecule has 1 aromatic heterocycles. The van der Waals surface area contributed by atoms with Gasteiger partial charge < -0.3 is 9.88 Å². The quantitative estimate of drug-likeness (QED) is 0.351. The van der Waals surface area contributed by atoms with E-state index in [9.17, 15) is 9.59 Å². The van der Waals surface area contributed by atoms with Crippen LogP contribution < -0.4 is 5.48 Å². The van der Waals surface area contributed by atoms with Crippen LogP contribution >= 0.6 is 0 Å². The van der Waals surface area contributed by atoms with Crippen molar-refractivity contribution in [3.63, 3.8) is 0 Å². The third kappa shape index (κ3) is 5.56. The molecule has 1 aromatic carbocycles. The zero-order valence-electron chi connectivity index (χ0n) is 16.3. The van der Waals surface area contributed by atoms with Gasteiger partial charge in [0.05, 0.1) is 0 Å². The van der Waals surface area contributed by atoms with Gasteiger partial charge in [-0.15, -0.1) is 0 Å². The monoisotopic (exact) mass is 386 g/mol. The lowest BCUT2D eigenvalue weighted by Crippen LogP contribution is -2.48. The highest BCUT2D eigenvalue weighted by Crippen LogP contribution is 2.20. The maximum Gasteiger partial charge on any atom is 0.243 e. The fourth-order valence-corrected chi connectivity index (χ4v) is 3.79. The van der Waals surface area contributed by atoms with Gasteiger partial charge in [0.2, 0.25) is 11.8 Å². The topological polar surface area (TPSA) is 88.7 Å². The Kier molecular flexibility index (Phi) is 7.45. The van der Waals surface area contributed by atoms with E-state index in [1.807, 2.05) is 11.0 Å². The van der Waals surface area contributed by atoms with Crippen molar-refractivity contribution in [1.29, 1.82) is 0 Å². The number of nitrogens with zero attached hydrogens (tertiary/aromatic N) is 2. The summed E-state index contributed by atoms with van der Waals surface area (Å²) in [5, 5.41) is 9.71. The summed E-state index contributed by atoms with van der Waals surface area (Å²) < 4.78 is 0. The minimum atomic E-state index is -0.346. The average Bonchev–Trinajstić information content (AvgIpc) is 3.13. The molecule has 2 heterocycles. The number of nitrogens with one attached hydrogen (secondary N) is 2. The first-order valence-electron chi connectivity index (χ1n) is 10.2. The third-order valence-corrected chi connectivity index (χ3v) is 5.46. The SMILES string of the molecule is O=C(CCCCCCC(=O)N1CCN(Cc2c[nH]c3ccccc23)CC1)NO. The molecular formula is C21H30N4O3. The highest BCUT2D eigenvalue weighted by molar-refractivity contribution is 5.83. The van der Waals surface area contributed by atoms with E-state index < -0.39 is 0 Å². The number of rotatable bonds is 9. The molecule has 152 valence electrons. The molecule has 0 radical (unpaired) electrons. The molecule has 1 saturated heterocycles. The van der Waals surface area contributed by atoms with E-state index in [1.54, 1.807) is 5.48 Å². The Morgan fingerprint density at radius 2 is 1.71 bits per heavy atom. The molecule has 1 fully saturated rings. The van der Waals surface area contributed by atoms with E-state index in [0.29, 0.717) is 12.8 Å². The number of carbonyl (C=O) groups excluding carboxylic acids is 2. The Bertz CT molecular complexity index is 781. The van der Waals surface area contributed by atoms with E-state index in [2.05, 4.69) is 34.3 Å². The van der Waals surface area contributed by atoms with Crippen molar-refractivity contribution in [2.24, 2.45) is 0 Å². The molecule has 0 saturated carbocycles. The number of benzene rings is 1. The van der Waals surface area contributed by atoms with Gasteiger partial charge in [0.15, 0.2) is 0 Å². The van der Waals surface area contributed by atoms with Gasteiger partial charge >= 0.3 is 0 Å². The number of piperazine rings is 1. The Labute approximate surface area is 165 Å². The number of hydroxylamine groups is 1. The number of para-hydroxylation sites is 1. The summed E-state index contributed by atoms with van der Waals surface area (Å²) in [6, 6.07) is 8.35. The Morgan fingerprint density at radius 3 is 2.46 bits per heavy atom. The smallest absolute Gasteiger partial charge is 0.243 e. The number of amides is 2. The van der Waals surface area contributed by atoms with E-state index >= 15 is 0 Å². The van der Waals surface area contributed by atoms with Crippen LogP contribution in [-0.2, 0) is 16.1 Å². The van der Waals surface area contributed by atoms with Crippen LogP contribution in [0.2, 0.25) is 0 Å². The highest BCUT2D eigenvalue weighted by atomic mass is 16.5. The minimum absolute atomic E-state index is 0.236. The second kappa shape index (κ2) is 10.2. The molecule has 1 aliphatic heterocycles. The van der Waals surface area contributed by atoms with Gasteiger partial charge in [-0.05, 0) is 24.5 Å². The molecule has 2 aromatic rings. The maximum absolute atomic E-state index is 12.4. The largest absolute Gasteiger partial charge is 0.361 e. The third-order valence-electron chi connectivity index (χ3n) is 5.46. The van der Waals surface area contributed by atoms with Crippen LogP contribution in [0, 0.1) is 0 Å².